The Morgan fingerprint density at radius 1 is 1.47 bits per heavy atom. The van der Waals surface area contributed by atoms with Crippen molar-refractivity contribution in [3.8, 4) is 0 Å². The number of primary amides is 1. The van der Waals surface area contributed by atoms with Crippen molar-refractivity contribution in [2.45, 2.75) is 0 Å². The van der Waals surface area contributed by atoms with Gasteiger partial charge in [-0.05, 0) is 17.7 Å². The fourth-order valence-electron chi connectivity index (χ4n) is 1.13. The Hall–Kier alpha value is -2.41. The molecule has 0 unspecified atom stereocenters. The molecule has 2 N–H and O–H groups in total. The lowest BCUT2D eigenvalue weighted by Gasteiger charge is -1.98. The van der Waals surface area contributed by atoms with Crippen molar-refractivity contribution in [1.29, 1.82) is 0 Å². The van der Waals surface area contributed by atoms with Crippen LogP contribution < -0.4 is 5.73 Å². The molecule has 0 aliphatic rings. The van der Waals surface area contributed by atoms with E-state index in [1.165, 1.54) is 24.3 Å². The summed E-state index contributed by atoms with van der Waals surface area (Å²) in [6.45, 7) is -0.524. The zero-order valence-corrected chi connectivity index (χ0v) is 10.3. The van der Waals surface area contributed by atoms with E-state index in [9.17, 15) is 19.7 Å². The van der Waals surface area contributed by atoms with Crippen molar-refractivity contribution >= 4 is 35.2 Å². The molecular formula is C11H9ClN2O5. The summed E-state index contributed by atoms with van der Waals surface area (Å²) < 4.78 is 4.47. The van der Waals surface area contributed by atoms with Gasteiger partial charge in [0.2, 0.25) is 0 Å². The summed E-state index contributed by atoms with van der Waals surface area (Å²) in [4.78, 5) is 31.5. The van der Waals surface area contributed by atoms with Crippen LogP contribution >= 0.6 is 11.6 Å². The molecule has 0 heterocycles. The van der Waals surface area contributed by atoms with E-state index >= 15 is 0 Å². The average molecular weight is 285 g/mol. The molecule has 1 rings (SSSR count). The van der Waals surface area contributed by atoms with Gasteiger partial charge in [-0.25, -0.2) is 4.79 Å². The fraction of sp³-hybridized carbons (Fsp3) is 0.0909. The topological polar surface area (TPSA) is 113 Å². The fourth-order valence-corrected chi connectivity index (χ4v) is 1.31. The summed E-state index contributed by atoms with van der Waals surface area (Å²) >= 11 is 5.63. The number of rotatable bonds is 5. The van der Waals surface area contributed by atoms with Crippen LogP contribution in [0.15, 0.2) is 24.3 Å². The maximum atomic E-state index is 11.1. The lowest BCUT2D eigenvalue weighted by Crippen LogP contribution is -2.19. The first kappa shape index (κ1) is 14.7. The van der Waals surface area contributed by atoms with Crippen LogP contribution in [0.25, 0.3) is 6.08 Å². The molecule has 0 fully saturated rings. The zero-order valence-electron chi connectivity index (χ0n) is 9.54. The van der Waals surface area contributed by atoms with Gasteiger partial charge in [-0.1, -0.05) is 17.7 Å². The van der Waals surface area contributed by atoms with Crippen LogP contribution in [0.1, 0.15) is 5.56 Å². The molecule has 0 bridgehead atoms. The standard InChI is InChI=1S/C11H9ClN2O5/c12-8-3-1-7(5-9(8)14(17)18)2-4-11(16)19-6-10(13)15/h1-5H,6H2,(H2,13,15)/b4-2+. The Kier molecular flexibility index (Phi) is 5.01. The van der Waals surface area contributed by atoms with E-state index in [2.05, 4.69) is 4.74 Å². The van der Waals surface area contributed by atoms with Crippen molar-refractivity contribution in [3.63, 3.8) is 0 Å². The summed E-state index contributed by atoms with van der Waals surface area (Å²) in [5.74, 6) is -1.56. The maximum absolute atomic E-state index is 11.1. The summed E-state index contributed by atoms with van der Waals surface area (Å²) in [7, 11) is 0. The smallest absolute Gasteiger partial charge is 0.331 e. The van der Waals surface area contributed by atoms with Crippen LogP contribution in [0.3, 0.4) is 0 Å². The van der Waals surface area contributed by atoms with E-state index in [4.69, 9.17) is 17.3 Å². The highest BCUT2D eigenvalue weighted by molar-refractivity contribution is 6.32. The van der Waals surface area contributed by atoms with Crippen molar-refractivity contribution in [1.82, 2.24) is 0 Å². The summed E-state index contributed by atoms with van der Waals surface area (Å²) in [5.41, 5.74) is 4.91. The number of benzene rings is 1. The Bertz CT molecular complexity index is 556. The summed E-state index contributed by atoms with van der Waals surface area (Å²) in [6.07, 6.45) is 2.32. The predicted octanol–water partition coefficient (Wildman–Crippen LogP) is 1.29. The first-order valence-corrected chi connectivity index (χ1v) is 5.35. The third kappa shape index (κ3) is 4.76. The lowest BCUT2D eigenvalue weighted by molar-refractivity contribution is -0.384. The van der Waals surface area contributed by atoms with Crippen molar-refractivity contribution in [2.24, 2.45) is 5.73 Å². The van der Waals surface area contributed by atoms with Crippen LogP contribution in [0, 0.1) is 10.1 Å². The van der Waals surface area contributed by atoms with Gasteiger partial charge in [0, 0.05) is 12.1 Å². The number of nitro benzene ring substituents is 1. The molecule has 8 heteroatoms. The number of hydrogen-bond acceptors (Lipinski definition) is 5. The van der Waals surface area contributed by atoms with Gasteiger partial charge in [-0.3, -0.25) is 14.9 Å². The van der Waals surface area contributed by atoms with Crippen molar-refractivity contribution < 1.29 is 19.2 Å². The zero-order chi connectivity index (χ0) is 14.4. The molecule has 0 saturated carbocycles. The molecule has 100 valence electrons. The van der Waals surface area contributed by atoms with E-state index in [0.717, 1.165) is 6.08 Å². The monoisotopic (exact) mass is 284 g/mol. The highest BCUT2D eigenvalue weighted by Gasteiger charge is 2.11. The first-order valence-electron chi connectivity index (χ1n) is 4.97. The van der Waals surface area contributed by atoms with Gasteiger partial charge in [0.25, 0.3) is 11.6 Å². The van der Waals surface area contributed by atoms with Crippen LogP contribution in [0.2, 0.25) is 5.02 Å². The Morgan fingerprint density at radius 3 is 2.74 bits per heavy atom. The first-order chi connectivity index (χ1) is 8.90. The number of amides is 1. The largest absolute Gasteiger partial charge is 0.452 e. The van der Waals surface area contributed by atoms with Gasteiger partial charge in [-0.2, -0.15) is 0 Å². The molecule has 1 amide bonds. The minimum absolute atomic E-state index is 0.00143. The predicted molar refractivity (Wildman–Crippen MR) is 67.3 cm³/mol. The second kappa shape index (κ2) is 6.50. The average Bonchev–Trinajstić information content (AvgIpc) is 2.35. The van der Waals surface area contributed by atoms with E-state index < -0.39 is 23.4 Å². The number of hydrogen-bond donors (Lipinski definition) is 1. The highest BCUT2D eigenvalue weighted by Crippen LogP contribution is 2.25. The van der Waals surface area contributed by atoms with Gasteiger partial charge in [0.05, 0.1) is 4.92 Å². The molecule has 0 atom stereocenters. The summed E-state index contributed by atoms with van der Waals surface area (Å²) in [5, 5.41) is 10.6. The minimum Gasteiger partial charge on any atom is -0.452 e. The Morgan fingerprint density at radius 2 is 2.16 bits per heavy atom. The van der Waals surface area contributed by atoms with Crippen molar-refractivity contribution in [2.75, 3.05) is 6.61 Å². The van der Waals surface area contributed by atoms with Crippen molar-refractivity contribution in [3.05, 3.63) is 45.0 Å². The van der Waals surface area contributed by atoms with Gasteiger partial charge < -0.3 is 10.5 Å². The molecule has 0 aliphatic carbocycles. The van der Waals surface area contributed by atoms with E-state index in [0.29, 0.717) is 5.56 Å². The normalized spacial score (nSPS) is 10.4. The van der Waals surface area contributed by atoms with Crippen LogP contribution in [0.5, 0.6) is 0 Å². The molecule has 0 saturated heterocycles. The Balaban J connectivity index is 2.77. The molecule has 0 aromatic heterocycles. The third-order valence-corrected chi connectivity index (χ3v) is 2.26. The van der Waals surface area contributed by atoms with Gasteiger partial charge in [0.15, 0.2) is 6.61 Å². The number of carbonyl (C=O) groups is 2. The second-order valence-corrected chi connectivity index (χ2v) is 3.78. The number of nitrogens with two attached hydrogens (primary N) is 1. The molecule has 1 aromatic carbocycles. The van der Waals surface area contributed by atoms with E-state index in [1.807, 2.05) is 0 Å². The van der Waals surface area contributed by atoms with Crippen LogP contribution in [-0.4, -0.2) is 23.4 Å². The van der Waals surface area contributed by atoms with Crippen LogP contribution in [0.4, 0.5) is 5.69 Å². The molecule has 0 radical (unpaired) electrons. The second-order valence-electron chi connectivity index (χ2n) is 3.38. The molecule has 0 spiro atoms. The maximum Gasteiger partial charge on any atom is 0.331 e. The number of halogens is 1. The minimum atomic E-state index is -0.781. The van der Waals surface area contributed by atoms with Crippen LogP contribution in [-0.2, 0) is 14.3 Å². The SMILES string of the molecule is NC(=O)COC(=O)/C=C/c1ccc(Cl)c([N+](=O)[O-])c1. The lowest BCUT2D eigenvalue weighted by atomic mass is 10.2. The van der Waals surface area contributed by atoms with Gasteiger partial charge in [0.1, 0.15) is 5.02 Å². The molecule has 0 aliphatic heterocycles. The third-order valence-electron chi connectivity index (χ3n) is 1.94. The molecule has 1 aromatic rings. The quantitative estimate of drug-likeness (QED) is 0.379. The molecule has 19 heavy (non-hydrogen) atoms. The highest BCUT2D eigenvalue weighted by atomic mass is 35.5. The van der Waals surface area contributed by atoms with Gasteiger partial charge >= 0.3 is 5.97 Å². The van der Waals surface area contributed by atoms with E-state index in [1.54, 1.807) is 0 Å². The number of ether oxygens (including phenoxy) is 1. The Labute approximate surface area is 112 Å². The van der Waals surface area contributed by atoms with Gasteiger partial charge in [-0.15, -0.1) is 0 Å². The summed E-state index contributed by atoms with van der Waals surface area (Å²) in [6, 6.07) is 4.04. The molecule has 7 nitrogen and oxygen atoms in total. The number of carbonyl (C=O) groups excluding carboxylic acids is 2. The van der Waals surface area contributed by atoms with E-state index in [-0.39, 0.29) is 10.7 Å². The number of esters is 1. The molecular weight excluding hydrogens is 276 g/mol. The number of nitro groups is 1. The number of nitrogens with zero attached hydrogens (tertiary/aromatic N) is 1.